The number of hydrogen-bond acceptors (Lipinski definition) is 2. The first-order valence-corrected chi connectivity index (χ1v) is 6.16. The molecule has 0 aromatic rings. The average Bonchev–Trinajstić information content (AvgIpc) is 2.65. The Hall–Kier alpha value is -0.370. The summed E-state index contributed by atoms with van der Waals surface area (Å²) in [6.07, 6.45) is 3.83. The Morgan fingerprint density at radius 2 is 2.13 bits per heavy atom. The molecule has 0 radical (unpaired) electrons. The van der Waals surface area contributed by atoms with Crippen LogP contribution in [0.1, 0.15) is 47.0 Å². The summed E-state index contributed by atoms with van der Waals surface area (Å²) in [6, 6.07) is 0. The molecule has 1 saturated heterocycles. The van der Waals surface area contributed by atoms with Crippen molar-refractivity contribution in [3.8, 4) is 0 Å². The highest BCUT2D eigenvalue weighted by molar-refractivity contribution is 5.84. The maximum atomic E-state index is 11.9. The zero-order chi connectivity index (χ0) is 11.2. The highest BCUT2D eigenvalue weighted by Gasteiger charge is 2.59. The molecule has 86 valence electrons. The molecule has 0 aromatic heterocycles. The number of rotatable bonds is 2. The number of carbonyl (C=O) groups excluding carboxylic acids is 1. The van der Waals surface area contributed by atoms with Gasteiger partial charge in [0.05, 0.1) is 17.6 Å². The Bertz CT molecular complexity index is 272. The molecule has 2 aliphatic rings. The van der Waals surface area contributed by atoms with Gasteiger partial charge in [-0.25, -0.2) is 0 Å². The molecule has 1 aliphatic heterocycles. The van der Waals surface area contributed by atoms with Crippen LogP contribution in [0.5, 0.6) is 0 Å². The molecule has 4 atom stereocenters. The van der Waals surface area contributed by atoms with Crippen LogP contribution in [0.4, 0.5) is 0 Å². The van der Waals surface area contributed by atoms with Crippen LogP contribution in [0.15, 0.2) is 0 Å². The van der Waals surface area contributed by atoms with Gasteiger partial charge in [-0.2, -0.15) is 0 Å². The summed E-state index contributed by atoms with van der Waals surface area (Å²) >= 11 is 0. The highest BCUT2D eigenvalue weighted by Crippen LogP contribution is 2.56. The van der Waals surface area contributed by atoms with Gasteiger partial charge in [0.1, 0.15) is 5.78 Å². The van der Waals surface area contributed by atoms with Crippen LogP contribution in [0.3, 0.4) is 0 Å². The van der Waals surface area contributed by atoms with Gasteiger partial charge in [0, 0.05) is 5.92 Å². The lowest BCUT2D eigenvalue weighted by Gasteiger charge is -2.29. The Kier molecular flexibility index (Phi) is 2.66. The number of hydrogen-bond donors (Lipinski definition) is 0. The predicted molar refractivity (Wildman–Crippen MR) is 59.6 cm³/mol. The van der Waals surface area contributed by atoms with E-state index < -0.39 is 0 Å². The van der Waals surface area contributed by atoms with Crippen molar-refractivity contribution < 1.29 is 9.53 Å². The Labute approximate surface area is 92.4 Å². The fourth-order valence-corrected chi connectivity index (χ4v) is 3.82. The van der Waals surface area contributed by atoms with Gasteiger partial charge in [0.2, 0.25) is 0 Å². The molecule has 0 aromatic carbocycles. The average molecular weight is 210 g/mol. The normalized spacial score (nSPS) is 44.7. The lowest BCUT2D eigenvalue weighted by molar-refractivity contribution is -0.130. The second-order valence-corrected chi connectivity index (χ2v) is 5.58. The number of fused-ring (bicyclic) bond motifs is 1. The first-order chi connectivity index (χ1) is 7.00. The van der Waals surface area contributed by atoms with Crippen LogP contribution in [0.2, 0.25) is 0 Å². The predicted octanol–water partition coefficient (Wildman–Crippen LogP) is 2.81. The molecule has 1 aliphatic carbocycles. The van der Waals surface area contributed by atoms with Crippen molar-refractivity contribution >= 4 is 5.78 Å². The number of ether oxygens (including phenoxy) is 1. The summed E-state index contributed by atoms with van der Waals surface area (Å²) in [6.45, 7) is 8.24. The van der Waals surface area contributed by atoms with Crippen molar-refractivity contribution in [3.63, 3.8) is 0 Å². The second kappa shape index (κ2) is 3.58. The molecule has 1 saturated carbocycles. The molecule has 0 spiro atoms. The molecular weight excluding hydrogens is 188 g/mol. The van der Waals surface area contributed by atoms with E-state index in [1.165, 1.54) is 12.8 Å². The van der Waals surface area contributed by atoms with E-state index in [1.54, 1.807) is 6.92 Å². The van der Waals surface area contributed by atoms with Crippen LogP contribution < -0.4 is 0 Å². The molecule has 2 heteroatoms. The number of Topliss-reactive ketones (excluding diaryl/α,β-unsaturated/α-hetero) is 1. The summed E-state index contributed by atoms with van der Waals surface area (Å²) in [5, 5.41) is 0. The molecule has 0 bridgehead atoms. The molecule has 0 N–H and O–H groups in total. The van der Waals surface area contributed by atoms with Crippen molar-refractivity contribution in [1.82, 2.24) is 0 Å². The molecule has 2 nitrogen and oxygen atoms in total. The molecule has 0 amide bonds. The van der Waals surface area contributed by atoms with E-state index in [0.717, 1.165) is 6.42 Å². The standard InChI is InChI=1S/C13H22O2/c1-8(2)12-11-6-5-7-13(11,9(3)14)10(4)15-12/h8,10-12H,5-7H2,1-4H3/t10-,11-,12-,13-/m0/s1. The summed E-state index contributed by atoms with van der Waals surface area (Å²) in [5.41, 5.74) is -0.144. The van der Waals surface area contributed by atoms with Crippen LogP contribution >= 0.6 is 0 Å². The largest absolute Gasteiger partial charge is 0.374 e. The van der Waals surface area contributed by atoms with Gasteiger partial charge in [-0.15, -0.1) is 0 Å². The smallest absolute Gasteiger partial charge is 0.138 e. The maximum Gasteiger partial charge on any atom is 0.138 e. The van der Waals surface area contributed by atoms with Gasteiger partial charge in [-0.1, -0.05) is 20.3 Å². The van der Waals surface area contributed by atoms with Gasteiger partial charge >= 0.3 is 0 Å². The number of carbonyl (C=O) groups is 1. The molecular formula is C13H22O2. The Morgan fingerprint density at radius 1 is 1.47 bits per heavy atom. The van der Waals surface area contributed by atoms with E-state index in [4.69, 9.17) is 4.74 Å². The molecule has 2 rings (SSSR count). The van der Waals surface area contributed by atoms with Crippen LogP contribution in [0, 0.1) is 17.3 Å². The van der Waals surface area contributed by atoms with Gasteiger partial charge < -0.3 is 4.74 Å². The third kappa shape index (κ3) is 1.37. The lowest BCUT2D eigenvalue weighted by atomic mass is 9.70. The van der Waals surface area contributed by atoms with E-state index in [-0.39, 0.29) is 11.5 Å². The molecule has 0 unspecified atom stereocenters. The highest BCUT2D eigenvalue weighted by atomic mass is 16.5. The minimum absolute atomic E-state index is 0.120. The number of ketones is 1. The Balaban J connectivity index is 2.33. The lowest BCUT2D eigenvalue weighted by Crippen LogP contribution is -2.38. The summed E-state index contributed by atoms with van der Waals surface area (Å²) in [5.74, 6) is 1.35. The maximum absolute atomic E-state index is 11.9. The molecule has 15 heavy (non-hydrogen) atoms. The summed E-state index contributed by atoms with van der Waals surface area (Å²) in [7, 11) is 0. The van der Waals surface area contributed by atoms with Crippen molar-refractivity contribution in [3.05, 3.63) is 0 Å². The SMILES string of the molecule is CC(=O)[C@]12CCC[C@H]1[C@H](C(C)C)O[C@H]2C. The first kappa shape index (κ1) is 11.1. The van der Waals surface area contributed by atoms with E-state index in [1.807, 2.05) is 0 Å². The topological polar surface area (TPSA) is 26.3 Å². The minimum atomic E-state index is -0.144. The van der Waals surface area contributed by atoms with E-state index in [2.05, 4.69) is 20.8 Å². The van der Waals surface area contributed by atoms with E-state index in [0.29, 0.717) is 23.7 Å². The first-order valence-electron chi connectivity index (χ1n) is 6.16. The van der Waals surface area contributed by atoms with Crippen molar-refractivity contribution in [2.45, 2.75) is 59.2 Å². The van der Waals surface area contributed by atoms with Crippen LogP contribution in [-0.4, -0.2) is 18.0 Å². The van der Waals surface area contributed by atoms with Crippen LogP contribution in [0.25, 0.3) is 0 Å². The van der Waals surface area contributed by atoms with Crippen molar-refractivity contribution in [2.24, 2.45) is 17.3 Å². The van der Waals surface area contributed by atoms with E-state index in [9.17, 15) is 4.79 Å². The van der Waals surface area contributed by atoms with Gasteiger partial charge in [0.25, 0.3) is 0 Å². The molecule has 2 fully saturated rings. The minimum Gasteiger partial charge on any atom is -0.374 e. The van der Waals surface area contributed by atoms with Crippen molar-refractivity contribution in [1.29, 1.82) is 0 Å². The molecule has 1 heterocycles. The quantitative estimate of drug-likeness (QED) is 0.700. The second-order valence-electron chi connectivity index (χ2n) is 5.58. The van der Waals surface area contributed by atoms with Gasteiger partial charge in [-0.3, -0.25) is 4.79 Å². The fraction of sp³-hybridized carbons (Fsp3) is 0.923. The monoisotopic (exact) mass is 210 g/mol. The Morgan fingerprint density at radius 3 is 2.67 bits per heavy atom. The van der Waals surface area contributed by atoms with Gasteiger partial charge in [-0.05, 0) is 32.6 Å². The third-order valence-electron chi connectivity index (χ3n) is 4.56. The zero-order valence-electron chi connectivity index (χ0n) is 10.2. The third-order valence-corrected chi connectivity index (χ3v) is 4.56. The van der Waals surface area contributed by atoms with Crippen LogP contribution in [-0.2, 0) is 9.53 Å². The zero-order valence-corrected chi connectivity index (χ0v) is 10.2. The fourth-order valence-electron chi connectivity index (χ4n) is 3.82. The summed E-state index contributed by atoms with van der Waals surface area (Å²) < 4.78 is 6.03. The van der Waals surface area contributed by atoms with E-state index >= 15 is 0 Å². The van der Waals surface area contributed by atoms with Crippen molar-refractivity contribution in [2.75, 3.05) is 0 Å². The van der Waals surface area contributed by atoms with Gasteiger partial charge in [0.15, 0.2) is 0 Å². The summed E-state index contributed by atoms with van der Waals surface area (Å²) in [4.78, 5) is 11.9.